The lowest BCUT2D eigenvalue weighted by molar-refractivity contribution is -0.153. The fourth-order valence-electron chi connectivity index (χ4n) is 1.58. The molecule has 0 spiro atoms. The van der Waals surface area contributed by atoms with Gasteiger partial charge in [0.2, 0.25) is 11.8 Å². The van der Waals surface area contributed by atoms with Crippen LogP contribution in [0.5, 0.6) is 0 Å². The minimum Gasteiger partial charge on any atom is -0.394 e. The fraction of sp³-hybridized carbons (Fsp3) is 0.778. The quantitative estimate of drug-likeness (QED) is 0.623. The second-order valence-corrected chi connectivity index (χ2v) is 3.70. The summed E-state index contributed by atoms with van der Waals surface area (Å²) in [6.45, 7) is 3.40. The molecule has 0 radical (unpaired) electrons. The first-order valence-corrected chi connectivity index (χ1v) is 4.52. The van der Waals surface area contributed by atoms with Crippen molar-refractivity contribution in [2.75, 3.05) is 6.61 Å². The number of piperidine rings is 1. The van der Waals surface area contributed by atoms with E-state index in [1.165, 1.54) is 4.90 Å². The molecule has 1 aliphatic rings. The van der Waals surface area contributed by atoms with Crippen molar-refractivity contribution in [3.8, 4) is 0 Å². The Balaban J connectivity index is 2.73. The average Bonchev–Trinajstić information content (AvgIpc) is 2.02. The highest BCUT2D eigenvalue weighted by molar-refractivity contribution is 5.98. The van der Waals surface area contributed by atoms with Crippen molar-refractivity contribution >= 4 is 11.8 Å². The van der Waals surface area contributed by atoms with Crippen LogP contribution in [0, 0.1) is 5.92 Å². The molecule has 0 aromatic rings. The minimum atomic E-state index is -0.382. The largest absolute Gasteiger partial charge is 0.394 e. The Labute approximate surface area is 77.5 Å². The molecule has 1 saturated heterocycles. The molecular formula is C9H15NO3. The molecule has 1 unspecified atom stereocenters. The molecule has 1 rings (SSSR count). The summed E-state index contributed by atoms with van der Waals surface area (Å²) < 4.78 is 0. The van der Waals surface area contributed by atoms with Gasteiger partial charge >= 0.3 is 0 Å². The second kappa shape index (κ2) is 3.87. The number of hydrogen-bond acceptors (Lipinski definition) is 3. The van der Waals surface area contributed by atoms with Gasteiger partial charge in [0.15, 0.2) is 0 Å². The van der Waals surface area contributed by atoms with Crippen molar-refractivity contribution in [2.24, 2.45) is 5.92 Å². The normalized spacial score (nSPS) is 22.2. The second-order valence-electron chi connectivity index (χ2n) is 3.70. The topological polar surface area (TPSA) is 57.6 Å². The number of carbonyl (C=O) groups excluding carboxylic acids is 2. The Hall–Kier alpha value is -0.900. The zero-order valence-corrected chi connectivity index (χ0v) is 7.99. The molecule has 2 amide bonds. The van der Waals surface area contributed by atoms with E-state index in [2.05, 4.69) is 0 Å². The van der Waals surface area contributed by atoms with Gasteiger partial charge in [-0.05, 0) is 12.8 Å². The molecule has 0 aromatic carbocycles. The van der Waals surface area contributed by atoms with Crippen LogP contribution in [-0.4, -0.2) is 34.5 Å². The molecule has 1 fully saturated rings. The van der Waals surface area contributed by atoms with E-state index in [1.807, 2.05) is 6.92 Å². The van der Waals surface area contributed by atoms with Crippen LogP contribution in [0.1, 0.15) is 26.7 Å². The number of rotatable bonds is 2. The minimum absolute atomic E-state index is 0.141. The zero-order valence-electron chi connectivity index (χ0n) is 7.99. The molecule has 0 bridgehead atoms. The molecule has 0 saturated carbocycles. The first-order valence-electron chi connectivity index (χ1n) is 4.52. The number of hydrogen-bond donors (Lipinski definition) is 1. The average molecular weight is 185 g/mol. The summed E-state index contributed by atoms with van der Waals surface area (Å²) in [6, 6.07) is -0.382. The van der Waals surface area contributed by atoms with Gasteiger partial charge in [0.25, 0.3) is 0 Å². The SMILES string of the molecule is CC1CC(=O)N(C(C)CO)C(=O)C1. The third-order valence-corrected chi connectivity index (χ3v) is 2.29. The molecule has 0 aliphatic carbocycles. The van der Waals surface area contributed by atoms with Crippen LogP contribution in [-0.2, 0) is 9.59 Å². The lowest BCUT2D eigenvalue weighted by atomic mass is 9.97. The first-order chi connectivity index (χ1) is 6.06. The molecule has 1 N–H and O–H groups in total. The Kier molecular flexibility index (Phi) is 3.03. The summed E-state index contributed by atoms with van der Waals surface area (Å²) in [5.74, 6) is -0.183. The molecule has 1 atom stereocenters. The van der Waals surface area contributed by atoms with Gasteiger partial charge in [-0.3, -0.25) is 14.5 Å². The van der Waals surface area contributed by atoms with E-state index in [0.717, 1.165) is 0 Å². The van der Waals surface area contributed by atoms with Gasteiger partial charge in [-0.1, -0.05) is 6.92 Å². The van der Waals surface area contributed by atoms with Crippen LogP contribution in [0.4, 0.5) is 0 Å². The monoisotopic (exact) mass is 185 g/mol. The standard InChI is InChI=1S/C9H15NO3/c1-6-3-8(12)10(7(2)5-11)9(13)4-6/h6-7,11H,3-5H2,1-2H3. The summed E-state index contributed by atoms with van der Waals surface area (Å²) in [7, 11) is 0. The molecule has 74 valence electrons. The first kappa shape index (κ1) is 10.2. The number of nitrogens with zero attached hydrogens (tertiary/aromatic N) is 1. The Morgan fingerprint density at radius 1 is 1.46 bits per heavy atom. The number of carbonyl (C=O) groups is 2. The smallest absolute Gasteiger partial charge is 0.229 e. The van der Waals surface area contributed by atoms with Gasteiger partial charge in [0.1, 0.15) is 0 Å². The van der Waals surface area contributed by atoms with E-state index >= 15 is 0 Å². The van der Waals surface area contributed by atoms with Crippen LogP contribution >= 0.6 is 0 Å². The Morgan fingerprint density at radius 3 is 2.31 bits per heavy atom. The van der Waals surface area contributed by atoms with Crippen molar-refractivity contribution < 1.29 is 14.7 Å². The third kappa shape index (κ3) is 2.06. The van der Waals surface area contributed by atoms with Gasteiger partial charge < -0.3 is 5.11 Å². The van der Waals surface area contributed by atoms with E-state index in [4.69, 9.17) is 5.11 Å². The van der Waals surface area contributed by atoms with Gasteiger partial charge in [0.05, 0.1) is 12.6 Å². The Bertz CT molecular complexity index is 209. The molecule has 0 aromatic heterocycles. The maximum atomic E-state index is 11.4. The fourth-order valence-corrected chi connectivity index (χ4v) is 1.58. The van der Waals surface area contributed by atoms with Gasteiger partial charge in [-0.2, -0.15) is 0 Å². The lowest BCUT2D eigenvalue weighted by Crippen LogP contribution is -2.49. The van der Waals surface area contributed by atoms with Crippen LogP contribution in [0.25, 0.3) is 0 Å². The van der Waals surface area contributed by atoms with E-state index in [-0.39, 0.29) is 30.4 Å². The predicted molar refractivity (Wildman–Crippen MR) is 46.8 cm³/mol. The summed E-state index contributed by atoms with van der Waals surface area (Å²) in [6.07, 6.45) is 0.826. The molecule has 1 aliphatic heterocycles. The number of likely N-dealkylation sites (tertiary alicyclic amines) is 1. The third-order valence-electron chi connectivity index (χ3n) is 2.29. The predicted octanol–water partition coefficient (Wildman–Crippen LogP) is 0.152. The number of amides is 2. The number of imide groups is 1. The molecule has 4 heteroatoms. The summed E-state index contributed by atoms with van der Waals surface area (Å²) in [5, 5.41) is 8.84. The van der Waals surface area contributed by atoms with Crippen molar-refractivity contribution in [3.05, 3.63) is 0 Å². The highest BCUT2D eigenvalue weighted by Crippen LogP contribution is 2.20. The number of aliphatic hydroxyl groups is 1. The van der Waals surface area contributed by atoms with E-state index in [9.17, 15) is 9.59 Å². The van der Waals surface area contributed by atoms with Gasteiger partial charge in [0, 0.05) is 12.8 Å². The maximum absolute atomic E-state index is 11.4. The summed E-state index contributed by atoms with van der Waals surface area (Å²) in [4.78, 5) is 24.0. The zero-order chi connectivity index (χ0) is 10.0. The van der Waals surface area contributed by atoms with Crippen molar-refractivity contribution in [2.45, 2.75) is 32.7 Å². The molecular weight excluding hydrogens is 170 g/mol. The Morgan fingerprint density at radius 2 is 1.92 bits per heavy atom. The lowest BCUT2D eigenvalue weighted by Gasteiger charge is -2.32. The number of aliphatic hydroxyl groups excluding tert-OH is 1. The van der Waals surface area contributed by atoms with E-state index < -0.39 is 0 Å². The van der Waals surface area contributed by atoms with Crippen LogP contribution < -0.4 is 0 Å². The molecule has 1 heterocycles. The molecule has 4 nitrogen and oxygen atoms in total. The highest BCUT2D eigenvalue weighted by atomic mass is 16.3. The van der Waals surface area contributed by atoms with Crippen molar-refractivity contribution in [3.63, 3.8) is 0 Å². The van der Waals surface area contributed by atoms with Gasteiger partial charge in [-0.15, -0.1) is 0 Å². The van der Waals surface area contributed by atoms with Crippen molar-refractivity contribution in [1.29, 1.82) is 0 Å². The van der Waals surface area contributed by atoms with E-state index in [1.54, 1.807) is 6.92 Å². The van der Waals surface area contributed by atoms with Crippen LogP contribution in [0.3, 0.4) is 0 Å². The van der Waals surface area contributed by atoms with E-state index in [0.29, 0.717) is 12.8 Å². The summed E-state index contributed by atoms with van der Waals surface area (Å²) in [5.41, 5.74) is 0. The van der Waals surface area contributed by atoms with Crippen LogP contribution in [0.15, 0.2) is 0 Å². The molecule has 13 heavy (non-hydrogen) atoms. The van der Waals surface area contributed by atoms with Crippen LogP contribution in [0.2, 0.25) is 0 Å². The highest BCUT2D eigenvalue weighted by Gasteiger charge is 2.32. The maximum Gasteiger partial charge on any atom is 0.229 e. The summed E-state index contributed by atoms with van der Waals surface area (Å²) >= 11 is 0. The van der Waals surface area contributed by atoms with Gasteiger partial charge in [-0.25, -0.2) is 0 Å². The van der Waals surface area contributed by atoms with Crippen molar-refractivity contribution in [1.82, 2.24) is 4.90 Å².